The van der Waals surface area contributed by atoms with Crippen molar-refractivity contribution in [2.45, 2.75) is 64.1 Å². The first-order valence-corrected chi connectivity index (χ1v) is 9.45. The summed E-state index contributed by atoms with van der Waals surface area (Å²) < 4.78 is 0. The van der Waals surface area contributed by atoms with E-state index in [0.29, 0.717) is 30.1 Å². The van der Waals surface area contributed by atoms with Gasteiger partial charge in [0.2, 0.25) is 11.8 Å². The van der Waals surface area contributed by atoms with E-state index in [1.54, 1.807) is 12.1 Å². The molecule has 2 saturated carbocycles. The van der Waals surface area contributed by atoms with Crippen molar-refractivity contribution in [1.82, 2.24) is 10.2 Å². The maximum Gasteiger partial charge on any atom is 0.248 e. The smallest absolute Gasteiger partial charge is 0.248 e. The van der Waals surface area contributed by atoms with Gasteiger partial charge in [-0.1, -0.05) is 31.9 Å². The van der Waals surface area contributed by atoms with Gasteiger partial charge in [0.25, 0.3) is 0 Å². The zero-order valence-corrected chi connectivity index (χ0v) is 15.0. The van der Waals surface area contributed by atoms with E-state index in [9.17, 15) is 9.59 Å². The van der Waals surface area contributed by atoms with Crippen LogP contribution in [0.25, 0.3) is 0 Å². The molecule has 0 spiro atoms. The number of hydrogen-bond donors (Lipinski definition) is 2. The third kappa shape index (κ3) is 5.05. The predicted octanol–water partition coefficient (Wildman–Crippen LogP) is 2.44. The number of carbonyl (C=O) groups excluding carboxylic acids is 2. The summed E-state index contributed by atoms with van der Waals surface area (Å²) in [6.45, 7) is 3.42. The van der Waals surface area contributed by atoms with Gasteiger partial charge in [-0.25, -0.2) is 0 Å². The average molecular weight is 343 g/mol. The molecule has 136 valence electrons. The third-order valence-electron chi connectivity index (χ3n) is 5.49. The minimum absolute atomic E-state index is 0.138. The van der Waals surface area contributed by atoms with Crippen LogP contribution in [-0.2, 0) is 11.3 Å². The summed E-state index contributed by atoms with van der Waals surface area (Å²) in [5, 5.41) is 3.25. The predicted molar refractivity (Wildman–Crippen MR) is 98.0 cm³/mol. The first-order chi connectivity index (χ1) is 12.0. The molecule has 0 radical (unpaired) electrons. The molecule has 0 heterocycles. The van der Waals surface area contributed by atoms with Gasteiger partial charge in [-0.05, 0) is 49.3 Å². The Hall–Kier alpha value is -1.88. The van der Waals surface area contributed by atoms with Gasteiger partial charge in [-0.15, -0.1) is 0 Å². The summed E-state index contributed by atoms with van der Waals surface area (Å²) in [7, 11) is 0. The summed E-state index contributed by atoms with van der Waals surface area (Å²) >= 11 is 0. The monoisotopic (exact) mass is 343 g/mol. The Labute approximate surface area is 150 Å². The molecule has 2 atom stereocenters. The molecule has 1 aromatic carbocycles. The highest BCUT2D eigenvalue weighted by molar-refractivity contribution is 5.92. The van der Waals surface area contributed by atoms with Crippen LogP contribution in [0.15, 0.2) is 24.3 Å². The van der Waals surface area contributed by atoms with E-state index in [1.807, 2.05) is 12.1 Å². The Morgan fingerprint density at radius 1 is 1.12 bits per heavy atom. The molecule has 0 unspecified atom stereocenters. The first kappa shape index (κ1) is 17.9. The Kier molecular flexibility index (Phi) is 5.74. The van der Waals surface area contributed by atoms with Crippen LogP contribution in [0.4, 0.5) is 0 Å². The molecule has 0 aromatic heterocycles. The molecule has 0 aliphatic heterocycles. The van der Waals surface area contributed by atoms with E-state index in [1.165, 1.54) is 19.3 Å². The van der Waals surface area contributed by atoms with E-state index in [0.717, 1.165) is 31.4 Å². The first-order valence-electron chi connectivity index (χ1n) is 9.45. The molecular weight excluding hydrogens is 314 g/mol. The summed E-state index contributed by atoms with van der Waals surface area (Å²) in [5.74, 6) is 0.305. The van der Waals surface area contributed by atoms with Crippen molar-refractivity contribution < 1.29 is 9.59 Å². The van der Waals surface area contributed by atoms with E-state index < -0.39 is 5.91 Å². The molecule has 2 aliphatic rings. The lowest BCUT2D eigenvalue weighted by Gasteiger charge is -2.30. The number of nitrogens with one attached hydrogen (secondary N) is 1. The fraction of sp³-hybridized carbons (Fsp3) is 0.600. The minimum Gasteiger partial charge on any atom is -0.366 e. The van der Waals surface area contributed by atoms with Crippen molar-refractivity contribution in [2.75, 3.05) is 6.54 Å². The lowest BCUT2D eigenvalue weighted by atomic mass is 9.86. The van der Waals surface area contributed by atoms with Gasteiger partial charge in [0.05, 0.1) is 6.54 Å². The highest BCUT2D eigenvalue weighted by Crippen LogP contribution is 2.28. The second-order valence-electron chi connectivity index (χ2n) is 7.63. The molecule has 25 heavy (non-hydrogen) atoms. The molecule has 2 fully saturated rings. The van der Waals surface area contributed by atoms with Gasteiger partial charge >= 0.3 is 0 Å². The molecular formula is C20H29N3O2. The number of carbonyl (C=O) groups is 2. The van der Waals surface area contributed by atoms with Crippen LogP contribution in [0.2, 0.25) is 0 Å². The Bertz CT molecular complexity index is 610. The van der Waals surface area contributed by atoms with E-state index in [-0.39, 0.29) is 5.91 Å². The third-order valence-corrected chi connectivity index (χ3v) is 5.49. The number of amides is 2. The van der Waals surface area contributed by atoms with Gasteiger partial charge in [-0.3, -0.25) is 14.5 Å². The number of hydrogen-bond acceptors (Lipinski definition) is 3. The normalized spacial score (nSPS) is 23.4. The number of primary amides is 1. The molecule has 3 N–H and O–H groups in total. The molecule has 1 aromatic rings. The summed E-state index contributed by atoms with van der Waals surface area (Å²) in [5.41, 5.74) is 6.91. The van der Waals surface area contributed by atoms with E-state index >= 15 is 0 Å². The standard InChI is InChI=1S/C20H29N3O2/c1-14-4-2-3-5-18(14)22-19(24)13-23(17-10-11-17)12-15-6-8-16(9-7-15)20(21)25/h6-9,14,17-18H,2-5,10-13H2,1H3,(H2,21,25)(H,22,24)/t14-,18-/m0/s1. The zero-order chi connectivity index (χ0) is 17.8. The molecule has 3 rings (SSSR count). The van der Waals surface area contributed by atoms with Crippen LogP contribution in [-0.4, -0.2) is 35.3 Å². The van der Waals surface area contributed by atoms with Crippen LogP contribution in [0, 0.1) is 5.92 Å². The lowest BCUT2D eigenvalue weighted by molar-refractivity contribution is -0.123. The van der Waals surface area contributed by atoms with Crippen LogP contribution >= 0.6 is 0 Å². The molecule has 0 bridgehead atoms. The average Bonchev–Trinajstić information content (AvgIpc) is 3.42. The molecule has 5 nitrogen and oxygen atoms in total. The van der Waals surface area contributed by atoms with Crippen molar-refractivity contribution >= 4 is 11.8 Å². The summed E-state index contributed by atoms with van der Waals surface area (Å²) in [4.78, 5) is 25.9. The van der Waals surface area contributed by atoms with Crippen molar-refractivity contribution in [1.29, 1.82) is 0 Å². The Morgan fingerprint density at radius 3 is 2.40 bits per heavy atom. The Balaban J connectivity index is 1.55. The highest BCUT2D eigenvalue weighted by atomic mass is 16.2. The van der Waals surface area contributed by atoms with Gasteiger partial charge in [0.15, 0.2) is 0 Å². The fourth-order valence-corrected chi connectivity index (χ4v) is 3.73. The van der Waals surface area contributed by atoms with Crippen molar-refractivity contribution in [3.63, 3.8) is 0 Å². The maximum absolute atomic E-state index is 12.5. The SMILES string of the molecule is C[C@H]1CCCC[C@@H]1NC(=O)CN(Cc1ccc(C(N)=O)cc1)C1CC1. The van der Waals surface area contributed by atoms with E-state index in [4.69, 9.17) is 5.73 Å². The zero-order valence-electron chi connectivity index (χ0n) is 15.0. The number of nitrogens with two attached hydrogens (primary N) is 1. The Morgan fingerprint density at radius 2 is 1.80 bits per heavy atom. The van der Waals surface area contributed by atoms with Gasteiger partial charge < -0.3 is 11.1 Å². The van der Waals surface area contributed by atoms with Crippen LogP contribution in [0.3, 0.4) is 0 Å². The highest BCUT2D eigenvalue weighted by Gasteiger charge is 2.31. The second-order valence-corrected chi connectivity index (χ2v) is 7.63. The van der Waals surface area contributed by atoms with Crippen LogP contribution < -0.4 is 11.1 Å². The van der Waals surface area contributed by atoms with Crippen LogP contribution in [0.1, 0.15) is 61.4 Å². The number of nitrogens with zero attached hydrogens (tertiary/aromatic N) is 1. The van der Waals surface area contributed by atoms with Gasteiger partial charge in [0, 0.05) is 24.2 Å². The van der Waals surface area contributed by atoms with Gasteiger partial charge in [0.1, 0.15) is 0 Å². The molecule has 5 heteroatoms. The van der Waals surface area contributed by atoms with Crippen LogP contribution in [0.5, 0.6) is 0 Å². The van der Waals surface area contributed by atoms with Crippen molar-refractivity contribution in [2.24, 2.45) is 11.7 Å². The lowest BCUT2D eigenvalue weighted by Crippen LogP contribution is -2.46. The number of benzene rings is 1. The molecule has 0 saturated heterocycles. The topological polar surface area (TPSA) is 75.4 Å². The fourth-order valence-electron chi connectivity index (χ4n) is 3.73. The summed E-state index contributed by atoms with van der Waals surface area (Å²) in [6, 6.07) is 8.20. The quantitative estimate of drug-likeness (QED) is 0.798. The second kappa shape index (κ2) is 8.00. The number of rotatable bonds is 7. The van der Waals surface area contributed by atoms with E-state index in [2.05, 4.69) is 17.1 Å². The minimum atomic E-state index is -0.411. The van der Waals surface area contributed by atoms with Crippen molar-refractivity contribution in [3.8, 4) is 0 Å². The molecule has 2 aliphatic carbocycles. The van der Waals surface area contributed by atoms with Crippen molar-refractivity contribution in [3.05, 3.63) is 35.4 Å². The molecule has 2 amide bonds. The maximum atomic E-state index is 12.5. The van der Waals surface area contributed by atoms with Gasteiger partial charge in [-0.2, -0.15) is 0 Å². The largest absolute Gasteiger partial charge is 0.366 e. The summed E-state index contributed by atoms with van der Waals surface area (Å²) in [6.07, 6.45) is 7.13.